The van der Waals surface area contributed by atoms with Gasteiger partial charge in [-0.05, 0) is 37.5 Å². The zero-order valence-electron chi connectivity index (χ0n) is 12.4. The van der Waals surface area contributed by atoms with E-state index in [1.807, 2.05) is 13.0 Å². The van der Waals surface area contributed by atoms with Crippen LogP contribution in [-0.4, -0.2) is 18.5 Å². The van der Waals surface area contributed by atoms with E-state index in [-0.39, 0.29) is 30.2 Å². The highest BCUT2D eigenvalue weighted by Gasteiger charge is 2.41. The molecule has 0 saturated heterocycles. The van der Waals surface area contributed by atoms with E-state index in [4.69, 9.17) is 5.73 Å². The second-order valence-corrected chi connectivity index (χ2v) is 5.76. The largest absolute Gasteiger partial charge is 0.352 e. The highest BCUT2D eigenvalue weighted by atomic mass is 35.5. The molecule has 1 fully saturated rings. The van der Waals surface area contributed by atoms with Crippen LogP contribution in [0, 0.1) is 5.82 Å². The molecular weight excluding hydrogens is 291 g/mol. The van der Waals surface area contributed by atoms with Crippen LogP contribution >= 0.6 is 12.4 Å². The number of carbonyl (C=O) groups excluding carboxylic acids is 1. The van der Waals surface area contributed by atoms with Crippen molar-refractivity contribution in [1.29, 1.82) is 0 Å². The fourth-order valence-electron chi connectivity index (χ4n) is 3.01. The van der Waals surface area contributed by atoms with Gasteiger partial charge in [-0.2, -0.15) is 0 Å². The molecule has 1 aliphatic carbocycles. The molecule has 0 heterocycles. The highest BCUT2D eigenvalue weighted by molar-refractivity contribution is 5.88. The minimum atomic E-state index is -0.593. The Morgan fingerprint density at radius 2 is 2.05 bits per heavy atom. The van der Waals surface area contributed by atoms with E-state index in [1.165, 1.54) is 12.1 Å². The molecule has 0 unspecified atom stereocenters. The SMILES string of the molecule is C[C@@H](CN)NC(=O)C1(c2cccc(F)c2)CCCCC1.Cl. The molecule has 118 valence electrons. The molecule has 3 nitrogen and oxygen atoms in total. The van der Waals surface area contributed by atoms with Crippen LogP contribution in [0.3, 0.4) is 0 Å². The average molecular weight is 315 g/mol. The van der Waals surface area contributed by atoms with Crippen LogP contribution in [0.25, 0.3) is 0 Å². The maximum atomic E-state index is 13.5. The summed E-state index contributed by atoms with van der Waals surface area (Å²) in [5, 5.41) is 2.97. The molecule has 1 amide bonds. The summed E-state index contributed by atoms with van der Waals surface area (Å²) in [6.45, 7) is 2.30. The van der Waals surface area contributed by atoms with Crippen LogP contribution in [0.1, 0.15) is 44.6 Å². The minimum absolute atomic E-state index is 0. The lowest BCUT2D eigenvalue weighted by Gasteiger charge is -2.37. The summed E-state index contributed by atoms with van der Waals surface area (Å²) >= 11 is 0. The predicted octanol–water partition coefficient (Wildman–Crippen LogP) is 2.91. The van der Waals surface area contributed by atoms with Crippen LogP contribution in [0.15, 0.2) is 24.3 Å². The second-order valence-electron chi connectivity index (χ2n) is 5.76. The van der Waals surface area contributed by atoms with Gasteiger partial charge in [-0.25, -0.2) is 4.39 Å². The van der Waals surface area contributed by atoms with Gasteiger partial charge in [0.25, 0.3) is 0 Å². The molecule has 0 bridgehead atoms. The summed E-state index contributed by atoms with van der Waals surface area (Å²) in [7, 11) is 0. The monoisotopic (exact) mass is 314 g/mol. The summed E-state index contributed by atoms with van der Waals surface area (Å²) < 4.78 is 13.5. The lowest BCUT2D eigenvalue weighted by molar-refractivity contribution is -0.128. The zero-order chi connectivity index (χ0) is 14.6. The Bertz CT molecular complexity index is 475. The van der Waals surface area contributed by atoms with Crippen molar-refractivity contribution >= 4 is 18.3 Å². The maximum Gasteiger partial charge on any atom is 0.230 e. The van der Waals surface area contributed by atoms with Crippen LogP contribution in [0.4, 0.5) is 4.39 Å². The quantitative estimate of drug-likeness (QED) is 0.898. The van der Waals surface area contributed by atoms with Crippen LogP contribution < -0.4 is 11.1 Å². The molecule has 21 heavy (non-hydrogen) atoms. The predicted molar refractivity (Wildman–Crippen MR) is 85.1 cm³/mol. The van der Waals surface area contributed by atoms with E-state index in [1.54, 1.807) is 6.07 Å². The van der Waals surface area contributed by atoms with Crippen LogP contribution in [0.5, 0.6) is 0 Å². The zero-order valence-corrected chi connectivity index (χ0v) is 13.2. The number of rotatable bonds is 4. The molecule has 0 aromatic heterocycles. The summed E-state index contributed by atoms with van der Waals surface area (Å²) in [6, 6.07) is 6.40. The Kier molecular flexibility index (Phi) is 6.62. The third-order valence-electron chi connectivity index (χ3n) is 4.25. The van der Waals surface area contributed by atoms with E-state index >= 15 is 0 Å². The van der Waals surface area contributed by atoms with E-state index in [9.17, 15) is 9.18 Å². The molecule has 0 radical (unpaired) electrons. The average Bonchev–Trinajstić information content (AvgIpc) is 2.47. The number of hydrogen-bond donors (Lipinski definition) is 2. The number of halogens is 2. The third kappa shape index (κ3) is 3.95. The van der Waals surface area contributed by atoms with Gasteiger partial charge in [0.2, 0.25) is 5.91 Å². The molecule has 1 aromatic rings. The molecule has 0 spiro atoms. The van der Waals surface area contributed by atoms with Crippen LogP contribution in [0.2, 0.25) is 0 Å². The molecule has 1 saturated carbocycles. The highest BCUT2D eigenvalue weighted by Crippen LogP contribution is 2.40. The molecule has 1 atom stereocenters. The smallest absolute Gasteiger partial charge is 0.230 e. The second kappa shape index (κ2) is 7.76. The fraction of sp³-hybridized carbons (Fsp3) is 0.562. The van der Waals surface area contributed by atoms with Gasteiger partial charge < -0.3 is 11.1 Å². The molecule has 1 aliphatic rings. The first-order valence-electron chi connectivity index (χ1n) is 7.35. The van der Waals surface area contributed by atoms with Gasteiger partial charge >= 0.3 is 0 Å². The van der Waals surface area contributed by atoms with Crippen molar-refractivity contribution in [2.24, 2.45) is 5.73 Å². The van der Waals surface area contributed by atoms with Crippen molar-refractivity contribution in [2.45, 2.75) is 50.5 Å². The molecule has 5 heteroatoms. The van der Waals surface area contributed by atoms with Crippen molar-refractivity contribution in [3.05, 3.63) is 35.6 Å². The Labute approximate surface area is 131 Å². The number of nitrogens with two attached hydrogens (primary N) is 1. The van der Waals surface area contributed by atoms with Gasteiger partial charge in [0, 0.05) is 12.6 Å². The van der Waals surface area contributed by atoms with Gasteiger partial charge in [0.15, 0.2) is 0 Å². The Hall–Kier alpha value is -1.13. The number of benzene rings is 1. The first kappa shape index (κ1) is 17.9. The number of amides is 1. The van der Waals surface area contributed by atoms with E-state index in [0.29, 0.717) is 6.54 Å². The Balaban J connectivity index is 0.00000220. The van der Waals surface area contributed by atoms with Gasteiger partial charge in [-0.3, -0.25) is 4.79 Å². The molecular formula is C16H24ClFN2O. The third-order valence-corrected chi connectivity index (χ3v) is 4.25. The van der Waals surface area contributed by atoms with Crippen molar-refractivity contribution in [3.8, 4) is 0 Å². The van der Waals surface area contributed by atoms with Gasteiger partial charge in [-0.15, -0.1) is 12.4 Å². The fourth-order valence-corrected chi connectivity index (χ4v) is 3.01. The number of nitrogens with one attached hydrogen (secondary N) is 1. The molecule has 1 aromatic carbocycles. The van der Waals surface area contributed by atoms with E-state index in [0.717, 1.165) is 37.7 Å². The minimum Gasteiger partial charge on any atom is -0.352 e. The summed E-state index contributed by atoms with van der Waals surface area (Å²) in [5.41, 5.74) is 5.78. The molecule has 3 N–H and O–H groups in total. The summed E-state index contributed by atoms with van der Waals surface area (Å²) in [6.07, 6.45) is 4.69. The Morgan fingerprint density at radius 3 is 2.62 bits per heavy atom. The van der Waals surface area contributed by atoms with E-state index < -0.39 is 5.41 Å². The summed E-state index contributed by atoms with van der Waals surface area (Å²) in [4.78, 5) is 12.7. The number of carbonyl (C=O) groups is 1. The van der Waals surface area contributed by atoms with Crippen molar-refractivity contribution < 1.29 is 9.18 Å². The van der Waals surface area contributed by atoms with Gasteiger partial charge in [0.1, 0.15) is 5.82 Å². The first-order chi connectivity index (χ1) is 9.58. The Morgan fingerprint density at radius 1 is 1.38 bits per heavy atom. The molecule has 0 aliphatic heterocycles. The van der Waals surface area contributed by atoms with Crippen LogP contribution in [-0.2, 0) is 10.2 Å². The standard InChI is InChI=1S/C16H23FN2O.ClH/c1-12(11-18)19-15(20)16(8-3-2-4-9-16)13-6-5-7-14(17)10-13;/h5-7,10,12H,2-4,8-9,11,18H2,1H3,(H,19,20);1H/t12-;/m0./s1. The van der Waals surface area contributed by atoms with Crippen molar-refractivity contribution in [2.75, 3.05) is 6.54 Å². The maximum absolute atomic E-state index is 13.5. The number of hydrogen-bond acceptors (Lipinski definition) is 2. The van der Waals surface area contributed by atoms with Gasteiger partial charge in [-0.1, -0.05) is 31.4 Å². The van der Waals surface area contributed by atoms with Gasteiger partial charge in [0.05, 0.1) is 5.41 Å². The van der Waals surface area contributed by atoms with E-state index in [2.05, 4.69) is 5.32 Å². The molecule has 2 rings (SSSR count). The first-order valence-corrected chi connectivity index (χ1v) is 7.35. The lowest BCUT2D eigenvalue weighted by Crippen LogP contribution is -2.50. The van der Waals surface area contributed by atoms with Crippen molar-refractivity contribution in [3.63, 3.8) is 0 Å². The normalized spacial score (nSPS) is 18.4. The topological polar surface area (TPSA) is 55.1 Å². The van der Waals surface area contributed by atoms with Crippen molar-refractivity contribution in [1.82, 2.24) is 5.32 Å². The lowest BCUT2D eigenvalue weighted by atomic mass is 9.68. The summed E-state index contributed by atoms with van der Waals surface area (Å²) in [5.74, 6) is -0.298.